The molecule has 0 aliphatic rings. The van der Waals surface area contributed by atoms with E-state index in [0.29, 0.717) is 24.1 Å². The Kier molecular flexibility index (Phi) is 4.88. The number of phenolic OH excluding ortho intramolecular Hbond substituents is 3. The van der Waals surface area contributed by atoms with Crippen LogP contribution in [0.4, 0.5) is 5.69 Å². The zero-order valence-electron chi connectivity index (χ0n) is 12.3. The molecule has 0 saturated carbocycles. The molecule has 2 aromatic rings. The molecule has 1 atom stereocenters. The third-order valence-corrected chi connectivity index (χ3v) is 3.32. The Morgan fingerprint density at radius 1 is 1.05 bits per heavy atom. The van der Waals surface area contributed by atoms with E-state index >= 15 is 0 Å². The predicted octanol–water partition coefficient (Wildman–Crippen LogP) is 3.01. The Labute approximate surface area is 128 Å². The number of nitrogens with one attached hydrogen (secondary N) is 1. The van der Waals surface area contributed by atoms with Gasteiger partial charge in [0.2, 0.25) is 5.91 Å². The molecule has 0 aliphatic heterocycles. The maximum absolute atomic E-state index is 12.0. The van der Waals surface area contributed by atoms with Gasteiger partial charge in [-0.25, -0.2) is 0 Å². The molecule has 5 nitrogen and oxygen atoms in total. The van der Waals surface area contributed by atoms with Crippen LogP contribution >= 0.6 is 0 Å². The zero-order chi connectivity index (χ0) is 16.1. The fraction of sp³-hybridized carbons (Fsp3) is 0.235. The van der Waals surface area contributed by atoms with Gasteiger partial charge in [0, 0.05) is 18.2 Å². The number of rotatable bonds is 5. The van der Waals surface area contributed by atoms with Crippen molar-refractivity contribution in [1.29, 1.82) is 0 Å². The number of anilines is 1. The van der Waals surface area contributed by atoms with Crippen molar-refractivity contribution in [3.8, 4) is 17.2 Å². The molecule has 0 aromatic heterocycles. The Morgan fingerprint density at radius 2 is 1.68 bits per heavy atom. The Morgan fingerprint density at radius 3 is 2.32 bits per heavy atom. The summed E-state index contributed by atoms with van der Waals surface area (Å²) in [7, 11) is 0. The minimum atomic E-state index is -0.128. The first-order chi connectivity index (χ1) is 10.4. The molecule has 1 unspecified atom stereocenters. The van der Waals surface area contributed by atoms with Gasteiger partial charge in [0.15, 0.2) is 0 Å². The van der Waals surface area contributed by atoms with E-state index in [-0.39, 0.29) is 29.1 Å². The number of hydrogen-bond acceptors (Lipinski definition) is 4. The summed E-state index contributed by atoms with van der Waals surface area (Å²) >= 11 is 0. The highest BCUT2D eigenvalue weighted by Gasteiger charge is 2.12. The fourth-order valence-corrected chi connectivity index (χ4v) is 2.25. The van der Waals surface area contributed by atoms with E-state index in [2.05, 4.69) is 5.32 Å². The van der Waals surface area contributed by atoms with Gasteiger partial charge in [-0.05, 0) is 48.2 Å². The molecule has 4 N–H and O–H groups in total. The Balaban J connectivity index is 1.89. The molecule has 0 spiro atoms. The van der Waals surface area contributed by atoms with Crippen molar-refractivity contribution in [2.24, 2.45) is 5.92 Å². The first kappa shape index (κ1) is 15.7. The molecule has 2 rings (SSSR count). The molecular formula is C17H19NO4. The Hall–Kier alpha value is -2.69. The van der Waals surface area contributed by atoms with Crippen LogP contribution in [0.15, 0.2) is 42.5 Å². The summed E-state index contributed by atoms with van der Waals surface area (Å²) in [5.74, 6) is 0.1000. The largest absolute Gasteiger partial charge is 0.508 e. The van der Waals surface area contributed by atoms with Crippen molar-refractivity contribution >= 4 is 11.6 Å². The third kappa shape index (κ3) is 4.41. The van der Waals surface area contributed by atoms with Crippen molar-refractivity contribution in [3.63, 3.8) is 0 Å². The first-order valence-corrected chi connectivity index (χ1v) is 7.04. The van der Waals surface area contributed by atoms with Crippen LogP contribution in [0.3, 0.4) is 0 Å². The van der Waals surface area contributed by atoms with E-state index in [1.54, 1.807) is 18.2 Å². The van der Waals surface area contributed by atoms with Crippen LogP contribution in [-0.4, -0.2) is 21.2 Å². The molecule has 0 radical (unpaired) electrons. The van der Waals surface area contributed by atoms with Gasteiger partial charge in [0.1, 0.15) is 17.2 Å². The summed E-state index contributed by atoms with van der Waals surface area (Å²) in [6, 6.07) is 10.7. The van der Waals surface area contributed by atoms with Gasteiger partial charge in [-0.2, -0.15) is 0 Å². The SMILES string of the molecule is CC(CC(=O)Nc1ccc(O)cc1)Cc1ccc(O)cc1O. The summed E-state index contributed by atoms with van der Waals surface area (Å²) in [5.41, 5.74) is 1.32. The summed E-state index contributed by atoms with van der Waals surface area (Å²) in [6.45, 7) is 1.92. The van der Waals surface area contributed by atoms with Gasteiger partial charge in [-0.1, -0.05) is 13.0 Å². The summed E-state index contributed by atoms with van der Waals surface area (Å²) < 4.78 is 0. The molecule has 0 bridgehead atoms. The van der Waals surface area contributed by atoms with Crippen molar-refractivity contribution in [1.82, 2.24) is 0 Å². The van der Waals surface area contributed by atoms with Crippen LogP contribution in [-0.2, 0) is 11.2 Å². The molecule has 0 fully saturated rings. The molecule has 116 valence electrons. The van der Waals surface area contributed by atoms with Gasteiger partial charge < -0.3 is 20.6 Å². The summed E-state index contributed by atoms with van der Waals surface area (Å²) in [6.07, 6.45) is 0.844. The molecule has 2 aromatic carbocycles. The lowest BCUT2D eigenvalue weighted by molar-refractivity contribution is -0.116. The molecule has 0 heterocycles. The number of amides is 1. The summed E-state index contributed by atoms with van der Waals surface area (Å²) in [5, 5.41) is 31.0. The Bertz CT molecular complexity index is 652. The third-order valence-electron chi connectivity index (χ3n) is 3.32. The highest BCUT2D eigenvalue weighted by Crippen LogP contribution is 2.26. The van der Waals surface area contributed by atoms with E-state index in [4.69, 9.17) is 0 Å². The average Bonchev–Trinajstić information content (AvgIpc) is 2.44. The monoisotopic (exact) mass is 301 g/mol. The van der Waals surface area contributed by atoms with Crippen molar-refractivity contribution in [2.45, 2.75) is 19.8 Å². The number of carbonyl (C=O) groups is 1. The predicted molar refractivity (Wildman–Crippen MR) is 84.0 cm³/mol. The standard InChI is InChI=1S/C17H19NO4/c1-11(8-12-2-5-15(20)10-16(12)21)9-17(22)18-13-3-6-14(19)7-4-13/h2-7,10-11,19-21H,8-9H2,1H3,(H,18,22). The van der Waals surface area contributed by atoms with E-state index in [1.807, 2.05) is 6.92 Å². The van der Waals surface area contributed by atoms with Crippen LogP contribution < -0.4 is 5.32 Å². The van der Waals surface area contributed by atoms with Crippen LogP contribution in [0.25, 0.3) is 0 Å². The topological polar surface area (TPSA) is 89.8 Å². The fourth-order valence-electron chi connectivity index (χ4n) is 2.25. The second-order valence-corrected chi connectivity index (χ2v) is 5.42. The molecule has 1 amide bonds. The lowest BCUT2D eigenvalue weighted by Crippen LogP contribution is -2.16. The highest BCUT2D eigenvalue weighted by atomic mass is 16.3. The van der Waals surface area contributed by atoms with E-state index in [0.717, 1.165) is 0 Å². The van der Waals surface area contributed by atoms with Gasteiger partial charge in [-0.15, -0.1) is 0 Å². The highest BCUT2D eigenvalue weighted by molar-refractivity contribution is 5.90. The van der Waals surface area contributed by atoms with Gasteiger partial charge in [0.25, 0.3) is 0 Å². The number of phenols is 3. The maximum atomic E-state index is 12.0. The van der Waals surface area contributed by atoms with E-state index in [1.165, 1.54) is 24.3 Å². The van der Waals surface area contributed by atoms with Crippen molar-refractivity contribution < 1.29 is 20.1 Å². The smallest absolute Gasteiger partial charge is 0.224 e. The van der Waals surface area contributed by atoms with Crippen LogP contribution in [0.1, 0.15) is 18.9 Å². The molecule has 5 heteroatoms. The second-order valence-electron chi connectivity index (χ2n) is 5.42. The molecule has 0 aliphatic carbocycles. The quantitative estimate of drug-likeness (QED) is 0.639. The first-order valence-electron chi connectivity index (χ1n) is 7.04. The minimum Gasteiger partial charge on any atom is -0.508 e. The van der Waals surface area contributed by atoms with Gasteiger partial charge in [0.05, 0.1) is 0 Å². The van der Waals surface area contributed by atoms with E-state index < -0.39 is 0 Å². The minimum absolute atomic E-state index is 0.0129. The maximum Gasteiger partial charge on any atom is 0.224 e. The van der Waals surface area contributed by atoms with Crippen molar-refractivity contribution in [2.75, 3.05) is 5.32 Å². The lowest BCUT2D eigenvalue weighted by Gasteiger charge is -2.13. The van der Waals surface area contributed by atoms with Crippen LogP contribution in [0.5, 0.6) is 17.2 Å². The molecular weight excluding hydrogens is 282 g/mol. The van der Waals surface area contributed by atoms with Crippen molar-refractivity contribution in [3.05, 3.63) is 48.0 Å². The lowest BCUT2D eigenvalue weighted by atomic mass is 9.97. The number of benzene rings is 2. The number of aromatic hydroxyl groups is 3. The van der Waals surface area contributed by atoms with Gasteiger partial charge in [-0.3, -0.25) is 4.79 Å². The van der Waals surface area contributed by atoms with E-state index in [9.17, 15) is 20.1 Å². The molecule has 22 heavy (non-hydrogen) atoms. The van der Waals surface area contributed by atoms with Crippen LogP contribution in [0, 0.1) is 5.92 Å². The normalized spacial score (nSPS) is 11.9. The average molecular weight is 301 g/mol. The van der Waals surface area contributed by atoms with Crippen LogP contribution in [0.2, 0.25) is 0 Å². The zero-order valence-corrected chi connectivity index (χ0v) is 12.3. The second kappa shape index (κ2) is 6.85. The summed E-state index contributed by atoms with van der Waals surface area (Å²) in [4.78, 5) is 12.0. The number of carbonyl (C=O) groups excluding carboxylic acids is 1. The number of hydrogen-bond donors (Lipinski definition) is 4. The molecule has 0 saturated heterocycles. The van der Waals surface area contributed by atoms with Gasteiger partial charge >= 0.3 is 0 Å².